The second kappa shape index (κ2) is 9.77. The van der Waals surface area contributed by atoms with Gasteiger partial charge in [0.2, 0.25) is 0 Å². The highest BCUT2D eigenvalue weighted by Gasteiger charge is 2.25. The number of nitrogens with zero attached hydrogens (tertiary/aromatic N) is 3. The van der Waals surface area contributed by atoms with Gasteiger partial charge in [0.25, 0.3) is 5.91 Å². The highest BCUT2D eigenvalue weighted by Crippen LogP contribution is 2.21. The molecule has 1 N–H and O–H groups in total. The summed E-state index contributed by atoms with van der Waals surface area (Å²) in [6, 6.07) is 9.38. The van der Waals surface area contributed by atoms with Gasteiger partial charge in [0.1, 0.15) is 5.75 Å². The molecule has 2 aromatic rings. The lowest BCUT2D eigenvalue weighted by molar-refractivity contribution is 0.0570. The van der Waals surface area contributed by atoms with E-state index >= 15 is 0 Å². The second-order valence-electron chi connectivity index (χ2n) is 6.52. The number of pyridine rings is 1. The molecule has 2 heterocycles. The summed E-state index contributed by atoms with van der Waals surface area (Å²) in [4.78, 5) is 32.2. The summed E-state index contributed by atoms with van der Waals surface area (Å²) in [5, 5.41) is 3.25. The molecule has 0 bridgehead atoms. The highest BCUT2D eigenvalue weighted by atomic mass is 16.6. The number of rotatable bonds is 6. The molecule has 1 aliphatic heterocycles. The second-order valence-corrected chi connectivity index (χ2v) is 6.52. The predicted octanol–water partition coefficient (Wildman–Crippen LogP) is 3.14. The molecule has 1 aromatic carbocycles. The molecule has 1 fully saturated rings. The van der Waals surface area contributed by atoms with E-state index in [9.17, 15) is 9.59 Å². The highest BCUT2D eigenvalue weighted by molar-refractivity contribution is 5.95. The van der Waals surface area contributed by atoms with Crippen molar-refractivity contribution in [2.45, 2.75) is 13.8 Å². The first-order valence-corrected chi connectivity index (χ1v) is 9.76. The van der Waals surface area contributed by atoms with Gasteiger partial charge < -0.3 is 24.6 Å². The van der Waals surface area contributed by atoms with Gasteiger partial charge in [0.05, 0.1) is 30.7 Å². The van der Waals surface area contributed by atoms with Gasteiger partial charge >= 0.3 is 6.09 Å². The Hall–Kier alpha value is -3.29. The maximum atomic E-state index is 12.8. The molecule has 0 atom stereocenters. The first-order valence-electron chi connectivity index (χ1n) is 9.76. The van der Waals surface area contributed by atoms with Crippen molar-refractivity contribution < 1.29 is 19.1 Å². The van der Waals surface area contributed by atoms with Crippen molar-refractivity contribution in [3.8, 4) is 5.75 Å². The van der Waals surface area contributed by atoms with Crippen LogP contribution in [0.3, 0.4) is 0 Å². The van der Waals surface area contributed by atoms with E-state index in [1.165, 1.54) is 0 Å². The summed E-state index contributed by atoms with van der Waals surface area (Å²) in [7, 11) is 0. The van der Waals surface area contributed by atoms with Crippen LogP contribution in [-0.2, 0) is 4.74 Å². The number of anilines is 2. The number of carbonyl (C=O) groups is 2. The lowest BCUT2D eigenvalue weighted by atomic mass is 10.2. The fourth-order valence-electron chi connectivity index (χ4n) is 3.08. The number of ether oxygens (including phenoxy) is 2. The summed E-state index contributed by atoms with van der Waals surface area (Å²) in [5.41, 5.74) is 2.11. The number of hydrogen-bond donors (Lipinski definition) is 1. The average Bonchev–Trinajstić information content (AvgIpc) is 2.75. The van der Waals surface area contributed by atoms with Crippen LogP contribution in [0.5, 0.6) is 5.75 Å². The number of amides is 2. The van der Waals surface area contributed by atoms with E-state index in [1.54, 1.807) is 35.2 Å². The van der Waals surface area contributed by atoms with Crippen LogP contribution >= 0.6 is 0 Å². The fraction of sp³-hybridized carbons (Fsp3) is 0.381. The van der Waals surface area contributed by atoms with E-state index in [0.29, 0.717) is 45.0 Å². The third kappa shape index (κ3) is 5.37. The fourth-order valence-corrected chi connectivity index (χ4v) is 3.08. The van der Waals surface area contributed by atoms with Gasteiger partial charge in [-0.15, -0.1) is 0 Å². The van der Waals surface area contributed by atoms with Gasteiger partial charge in [-0.25, -0.2) is 4.79 Å². The molecule has 0 aliphatic carbocycles. The molecule has 1 aromatic heterocycles. The van der Waals surface area contributed by atoms with Gasteiger partial charge in [-0.1, -0.05) is 0 Å². The number of aromatic nitrogens is 1. The van der Waals surface area contributed by atoms with E-state index in [2.05, 4.69) is 10.3 Å². The molecule has 1 saturated heterocycles. The molecular formula is C21H26N4O4. The van der Waals surface area contributed by atoms with Crippen molar-refractivity contribution in [2.24, 2.45) is 0 Å². The summed E-state index contributed by atoms with van der Waals surface area (Å²) >= 11 is 0. The summed E-state index contributed by atoms with van der Waals surface area (Å²) in [6.45, 7) is 6.54. The van der Waals surface area contributed by atoms with Crippen LogP contribution in [0, 0.1) is 0 Å². The van der Waals surface area contributed by atoms with Gasteiger partial charge in [0, 0.05) is 38.1 Å². The van der Waals surface area contributed by atoms with E-state index in [4.69, 9.17) is 9.47 Å². The van der Waals surface area contributed by atoms with Crippen molar-refractivity contribution in [1.82, 2.24) is 14.8 Å². The third-order valence-corrected chi connectivity index (χ3v) is 4.53. The number of nitrogens with one attached hydrogen (secondary N) is 1. The van der Waals surface area contributed by atoms with Crippen LogP contribution in [0.15, 0.2) is 42.7 Å². The molecule has 8 nitrogen and oxygen atoms in total. The van der Waals surface area contributed by atoms with Crippen LogP contribution in [-0.4, -0.2) is 66.2 Å². The van der Waals surface area contributed by atoms with Crippen molar-refractivity contribution >= 4 is 23.4 Å². The Kier molecular flexibility index (Phi) is 6.89. The number of piperazine rings is 1. The van der Waals surface area contributed by atoms with Crippen LogP contribution in [0.4, 0.5) is 16.2 Å². The molecular weight excluding hydrogens is 372 g/mol. The molecule has 0 unspecified atom stereocenters. The SMILES string of the molecule is CCOC(=O)N1CCN(C(=O)c2cncc(Nc3ccc(OCC)cc3)c2)CC1. The smallest absolute Gasteiger partial charge is 0.409 e. The molecule has 1 aliphatic rings. The number of hydrogen-bond acceptors (Lipinski definition) is 6. The average molecular weight is 398 g/mol. The first-order chi connectivity index (χ1) is 14.1. The zero-order valence-corrected chi connectivity index (χ0v) is 16.8. The van der Waals surface area contributed by atoms with E-state index < -0.39 is 0 Å². The zero-order chi connectivity index (χ0) is 20.6. The van der Waals surface area contributed by atoms with E-state index in [0.717, 1.165) is 17.1 Å². The van der Waals surface area contributed by atoms with Crippen molar-refractivity contribution in [3.05, 3.63) is 48.3 Å². The van der Waals surface area contributed by atoms with E-state index in [1.807, 2.05) is 31.2 Å². The largest absolute Gasteiger partial charge is 0.494 e. The normalized spacial score (nSPS) is 13.7. The lowest BCUT2D eigenvalue weighted by Crippen LogP contribution is -2.50. The van der Waals surface area contributed by atoms with Crippen molar-refractivity contribution in [3.63, 3.8) is 0 Å². The Bertz CT molecular complexity index is 833. The maximum Gasteiger partial charge on any atom is 0.409 e. The summed E-state index contributed by atoms with van der Waals surface area (Å²) in [6.07, 6.45) is 2.90. The molecule has 3 rings (SSSR count). The quantitative estimate of drug-likeness (QED) is 0.805. The van der Waals surface area contributed by atoms with Gasteiger partial charge in [0.15, 0.2) is 0 Å². The Balaban J connectivity index is 1.60. The van der Waals surface area contributed by atoms with E-state index in [-0.39, 0.29) is 12.0 Å². The monoisotopic (exact) mass is 398 g/mol. The molecule has 0 saturated carbocycles. The van der Waals surface area contributed by atoms with Gasteiger partial charge in [-0.3, -0.25) is 9.78 Å². The minimum atomic E-state index is -0.331. The molecule has 29 heavy (non-hydrogen) atoms. The lowest BCUT2D eigenvalue weighted by Gasteiger charge is -2.34. The van der Waals surface area contributed by atoms with Gasteiger partial charge in [-0.05, 0) is 44.2 Å². The van der Waals surface area contributed by atoms with Crippen LogP contribution in [0.2, 0.25) is 0 Å². The summed E-state index contributed by atoms with van der Waals surface area (Å²) < 4.78 is 10.5. The predicted molar refractivity (Wildman–Crippen MR) is 110 cm³/mol. The Morgan fingerprint density at radius 1 is 0.966 bits per heavy atom. The van der Waals surface area contributed by atoms with Gasteiger partial charge in [-0.2, -0.15) is 0 Å². The van der Waals surface area contributed by atoms with Crippen LogP contribution in [0.25, 0.3) is 0 Å². The molecule has 0 radical (unpaired) electrons. The number of benzene rings is 1. The molecule has 154 valence electrons. The van der Waals surface area contributed by atoms with Crippen molar-refractivity contribution in [1.29, 1.82) is 0 Å². The maximum absolute atomic E-state index is 12.8. The zero-order valence-electron chi connectivity index (χ0n) is 16.8. The topological polar surface area (TPSA) is 84.0 Å². The minimum absolute atomic E-state index is 0.101. The van der Waals surface area contributed by atoms with Crippen LogP contribution < -0.4 is 10.1 Å². The molecule has 0 spiro atoms. The number of carbonyl (C=O) groups excluding carboxylic acids is 2. The summed E-state index contributed by atoms with van der Waals surface area (Å²) in [5.74, 6) is 0.707. The Morgan fingerprint density at radius 2 is 1.66 bits per heavy atom. The first kappa shape index (κ1) is 20.4. The standard InChI is InChI=1S/C21H26N4O4/c1-3-28-19-7-5-17(6-8-19)23-18-13-16(14-22-15-18)20(26)24-9-11-25(12-10-24)21(27)29-4-2/h5-8,13-15,23H,3-4,9-12H2,1-2H3. The minimum Gasteiger partial charge on any atom is -0.494 e. The molecule has 2 amide bonds. The van der Waals surface area contributed by atoms with Crippen LogP contribution in [0.1, 0.15) is 24.2 Å². The third-order valence-electron chi connectivity index (χ3n) is 4.53. The van der Waals surface area contributed by atoms with Crippen molar-refractivity contribution in [2.75, 3.05) is 44.7 Å². The molecule has 8 heteroatoms. The Morgan fingerprint density at radius 3 is 2.31 bits per heavy atom. The Labute approximate surface area is 170 Å².